The zero-order valence-corrected chi connectivity index (χ0v) is 11.6. The first-order valence-corrected chi connectivity index (χ1v) is 6.53. The Kier molecular flexibility index (Phi) is 4.34. The number of benzene rings is 1. The highest BCUT2D eigenvalue weighted by Crippen LogP contribution is 2.24. The van der Waals surface area contributed by atoms with Crippen LogP contribution in [0.3, 0.4) is 0 Å². The molecule has 0 aliphatic carbocycles. The molecule has 1 aromatic heterocycles. The molecule has 102 valence electrons. The van der Waals surface area contributed by atoms with E-state index in [4.69, 9.17) is 5.26 Å². The topological polar surface area (TPSA) is 60.1 Å². The van der Waals surface area contributed by atoms with Gasteiger partial charge in [0.2, 0.25) is 0 Å². The predicted octanol–water partition coefficient (Wildman–Crippen LogP) is 3.16. The van der Waals surface area contributed by atoms with Gasteiger partial charge in [-0.25, -0.2) is 0 Å². The number of anilines is 2. The molecule has 0 aliphatic rings. The van der Waals surface area contributed by atoms with E-state index in [0.717, 1.165) is 11.4 Å². The van der Waals surface area contributed by atoms with Crippen molar-refractivity contribution in [3.05, 3.63) is 53.9 Å². The zero-order valence-electron chi connectivity index (χ0n) is 11.6. The third-order valence-electron chi connectivity index (χ3n) is 3.27. The predicted molar refractivity (Wildman–Crippen MR) is 78.7 cm³/mol. The Hall–Kier alpha value is -2.38. The van der Waals surface area contributed by atoms with Crippen LogP contribution >= 0.6 is 0 Å². The molecule has 0 fully saturated rings. The Labute approximate surface area is 118 Å². The van der Waals surface area contributed by atoms with Gasteiger partial charge < -0.3 is 10.0 Å². The molecular formula is C16H17N3O. The lowest BCUT2D eigenvalue weighted by Gasteiger charge is -2.19. The minimum Gasteiger partial charge on any atom is -0.387 e. The molecule has 0 unspecified atom stereocenters. The summed E-state index contributed by atoms with van der Waals surface area (Å²) in [4.78, 5) is 6.27. The molecule has 2 rings (SSSR count). The summed E-state index contributed by atoms with van der Waals surface area (Å²) in [6.07, 6.45) is 1.88. The summed E-state index contributed by atoms with van der Waals surface area (Å²) in [7, 11) is 1.94. The van der Waals surface area contributed by atoms with E-state index in [1.165, 1.54) is 0 Å². The van der Waals surface area contributed by atoms with Gasteiger partial charge in [-0.15, -0.1) is 0 Å². The van der Waals surface area contributed by atoms with Crippen molar-refractivity contribution in [2.45, 2.75) is 19.4 Å². The van der Waals surface area contributed by atoms with E-state index < -0.39 is 6.10 Å². The maximum absolute atomic E-state index is 9.73. The highest BCUT2D eigenvalue weighted by Gasteiger charge is 2.08. The van der Waals surface area contributed by atoms with Crippen LogP contribution in [0.4, 0.5) is 11.4 Å². The van der Waals surface area contributed by atoms with Crippen LogP contribution in [0.5, 0.6) is 0 Å². The van der Waals surface area contributed by atoms with Crippen molar-refractivity contribution < 1.29 is 5.11 Å². The van der Waals surface area contributed by atoms with Crippen LogP contribution < -0.4 is 4.90 Å². The van der Waals surface area contributed by atoms with Gasteiger partial charge in [0.1, 0.15) is 0 Å². The molecule has 2 aromatic rings. The Balaban J connectivity index is 2.20. The Morgan fingerprint density at radius 1 is 1.20 bits per heavy atom. The summed E-state index contributed by atoms with van der Waals surface area (Å²) < 4.78 is 0. The molecule has 20 heavy (non-hydrogen) atoms. The molecule has 0 saturated carbocycles. The van der Waals surface area contributed by atoms with Gasteiger partial charge in [-0.3, -0.25) is 4.98 Å². The van der Waals surface area contributed by atoms with Gasteiger partial charge >= 0.3 is 0 Å². The van der Waals surface area contributed by atoms with Crippen LogP contribution in [-0.2, 0) is 0 Å². The van der Waals surface area contributed by atoms with Crippen LogP contribution in [-0.4, -0.2) is 17.1 Å². The molecule has 4 nitrogen and oxygen atoms in total. The molecule has 0 amide bonds. The van der Waals surface area contributed by atoms with Crippen molar-refractivity contribution in [3.63, 3.8) is 0 Å². The molecule has 1 N–H and O–H groups in total. The van der Waals surface area contributed by atoms with Crippen molar-refractivity contribution >= 4 is 11.4 Å². The van der Waals surface area contributed by atoms with E-state index >= 15 is 0 Å². The number of aliphatic hydroxyl groups excluding tert-OH is 1. The number of aliphatic hydroxyl groups is 1. The summed E-state index contributed by atoms with van der Waals surface area (Å²) in [5.41, 5.74) is 3.24. The van der Waals surface area contributed by atoms with Gasteiger partial charge in [-0.2, -0.15) is 5.26 Å². The number of rotatable bonds is 4. The van der Waals surface area contributed by atoms with Gasteiger partial charge in [0.25, 0.3) is 0 Å². The lowest BCUT2D eigenvalue weighted by Crippen LogP contribution is -2.10. The smallest absolute Gasteiger partial charge is 0.0991 e. The molecule has 0 spiro atoms. The molecule has 1 heterocycles. The molecular weight excluding hydrogens is 250 g/mol. The van der Waals surface area contributed by atoms with E-state index in [9.17, 15) is 5.11 Å². The van der Waals surface area contributed by atoms with Gasteiger partial charge in [-0.05, 0) is 42.8 Å². The monoisotopic (exact) mass is 267 g/mol. The summed E-state index contributed by atoms with van der Waals surface area (Å²) >= 11 is 0. The molecule has 0 radical (unpaired) electrons. The lowest BCUT2D eigenvalue weighted by atomic mass is 10.1. The van der Waals surface area contributed by atoms with Crippen molar-refractivity contribution in [2.75, 3.05) is 11.9 Å². The van der Waals surface area contributed by atoms with Gasteiger partial charge in [-0.1, -0.05) is 6.92 Å². The van der Waals surface area contributed by atoms with Crippen molar-refractivity contribution in [1.29, 1.82) is 5.26 Å². The van der Waals surface area contributed by atoms with E-state index in [1.807, 2.05) is 43.1 Å². The second-order valence-electron chi connectivity index (χ2n) is 4.58. The minimum atomic E-state index is -0.510. The number of hydrogen-bond acceptors (Lipinski definition) is 4. The Morgan fingerprint density at radius 2 is 1.85 bits per heavy atom. The summed E-state index contributed by atoms with van der Waals surface area (Å²) in [6.45, 7) is 1.92. The molecule has 1 aromatic carbocycles. The second kappa shape index (κ2) is 6.18. The molecule has 0 bridgehead atoms. The van der Waals surface area contributed by atoms with E-state index in [1.54, 1.807) is 18.3 Å². The maximum Gasteiger partial charge on any atom is 0.0991 e. The van der Waals surface area contributed by atoms with Crippen LogP contribution in [0.15, 0.2) is 42.6 Å². The lowest BCUT2D eigenvalue weighted by molar-refractivity contribution is 0.169. The largest absolute Gasteiger partial charge is 0.387 e. The maximum atomic E-state index is 9.73. The summed E-state index contributed by atoms with van der Waals surface area (Å²) in [5.74, 6) is 0. The first-order valence-electron chi connectivity index (χ1n) is 6.53. The standard InChI is InChI=1S/C16H17N3O/c1-3-16(20)15-9-8-14(11-18-15)19(2)13-6-4-12(10-17)5-7-13/h4-9,11,16,20H,3H2,1-2H3/t16-/m0/s1. The highest BCUT2D eigenvalue weighted by atomic mass is 16.3. The van der Waals surface area contributed by atoms with Crippen molar-refractivity contribution in [2.24, 2.45) is 0 Å². The first kappa shape index (κ1) is 14.0. The van der Waals surface area contributed by atoms with Crippen LogP contribution in [0.2, 0.25) is 0 Å². The number of pyridine rings is 1. The number of aromatic nitrogens is 1. The van der Waals surface area contributed by atoms with Gasteiger partial charge in [0.15, 0.2) is 0 Å². The van der Waals surface area contributed by atoms with Crippen molar-refractivity contribution in [3.8, 4) is 6.07 Å². The van der Waals surface area contributed by atoms with Gasteiger partial charge in [0, 0.05) is 12.7 Å². The zero-order chi connectivity index (χ0) is 14.5. The number of nitrogens with zero attached hydrogens (tertiary/aromatic N) is 3. The van der Waals surface area contributed by atoms with Crippen molar-refractivity contribution in [1.82, 2.24) is 4.98 Å². The Bertz CT molecular complexity index is 599. The fourth-order valence-corrected chi connectivity index (χ4v) is 1.91. The minimum absolute atomic E-state index is 0.510. The number of hydrogen-bond donors (Lipinski definition) is 1. The van der Waals surface area contributed by atoms with Crippen LogP contribution in [0.1, 0.15) is 30.7 Å². The van der Waals surface area contributed by atoms with Crippen LogP contribution in [0.25, 0.3) is 0 Å². The van der Waals surface area contributed by atoms with E-state index in [2.05, 4.69) is 11.1 Å². The van der Waals surface area contributed by atoms with E-state index in [0.29, 0.717) is 17.7 Å². The molecule has 1 atom stereocenters. The normalized spacial score (nSPS) is 11.7. The summed E-state index contributed by atoms with van der Waals surface area (Å²) in [5, 5.41) is 18.5. The number of nitriles is 1. The molecule has 4 heteroatoms. The van der Waals surface area contributed by atoms with Gasteiger partial charge in [0.05, 0.1) is 35.3 Å². The highest BCUT2D eigenvalue weighted by molar-refractivity contribution is 5.62. The second-order valence-corrected chi connectivity index (χ2v) is 4.58. The fourth-order valence-electron chi connectivity index (χ4n) is 1.91. The third kappa shape index (κ3) is 2.95. The SMILES string of the molecule is CC[C@H](O)c1ccc(N(C)c2ccc(C#N)cc2)cn1. The summed E-state index contributed by atoms with van der Waals surface area (Å²) in [6, 6.07) is 13.2. The quantitative estimate of drug-likeness (QED) is 0.924. The molecule has 0 saturated heterocycles. The average molecular weight is 267 g/mol. The molecule has 0 aliphatic heterocycles. The fraction of sp³-hybridized carbons (Fsp3) is 0.250. The van der Waals surface area contributed by atoms with Crippen LogP contribution in [0, 0.1) is 11.3 Å². The first-order chi connectivity index (χ1) is 9.65. The Morgan fingerprint density at radius 3 is 2.35 bits per heavy atom. The third-order valence-corrected chi connectivity index (χ3v) is 3.27. The average Bonchev–Trinajstić information content (AvgIpc) is 2.53. The van der Waals surface area contributed by atoms with E-state index in [-0.39, 0.29) is 0 Å².